The molecule has 1 atom stereocenters. The van der Waals surface area contributed by atoms with Crippen LogP contribution in [0, 0.1) is 0 Å². The molecule has 0 aliphatic heterocycles. The summed E-state index contributed by atoms with van der Waals surface area (Å²) in [5.74, 6) is -10.9. The predicted molar refractivity (Wildman–Crippen MR) is 70.0 cm³/mol. The number of hydrogen-bond donors (Lipinski definition) is 1. The van der Waals surface area contributed by atoms with Gasteiger partial charge in [-0.3, -0.25) is 9.59 Å². The number of rotatable bonds is 7. The lowest BCUT2D eigenvalue weighted by Gasteiger charge is -2.23. The van der Waals surface area contributed by atoms with Gasteiger partial charge in [0.25, 0.3) is 0 Å². The Kier molecular flexibility index (Phi) is 7.58. The zero-order chi connectivity index (χ0) is 19.3. The van der Waals surface area contributed by atoms with Crippen molar-refractivity contribution in [3.05, 3.63) is 0 Å². The highest BCUT2D eigenvalue weighted by Crippen LogP contribution is 2.35. The van der Waals surface area contributed by atoms with E-state index in [0.29, 0.717) is 0 Å². The van der Waals surface area contributed by atoms with Gasteiger partial charge in [-0.05, 0) is 27.7 Å². The van der Waals surface area contributed by atoms with Crippen LogP contribution in [-0.4, -0.2) is 48.2 Å². The summed E-state index contributed by atoms with van der Waals surface area (Å²) < 4.78 is 71.7. The van der Waals surface area contributed by atoms with Gasteiger partial charge in [0, 0.05) is 0 Å². The maximum absolute atomic E-state index is 13.0. The third-order valence-corrected chi connectivity index (χ3v) is 2.32. The highest BCUT2D eigenvalue weighted by molar-refractivity contribution is 5.91. The number of carbonyl (C=O) groups is 3. The van der Waals surface area contributed by atoms with Crippen molar-refractivity contribution in [2.45, 2.75) is 64.5 Å². The average molecular weight is 363 g/mol. The molecule has 1 amide bonds. The fourth-order valence-corrected chi connectivity index (χ4v) is 1.36. The highest BCUT2D eigenvalue weighted by atomic mass is 19.4. The number of alkyl halides is 5. The molecule has 140 valence electrons. The van der Waals surface area contributed by atoms with Crippen molar-refractivity contribution in [2.75, 3.05) is 0 Å². The van der Waals surface area contributed by atoms with Gasteiger partial charge in [-0.1, -0.05) is 0 Å². The minimum atomic E-state index is -6.15. The number of halogens is 5. The average Bonchev–Trinajstić information content (AvgIpc) is 2.34. The number of esters is 2. The van der Waals surface area contributed by atoms with E-state index in [2.05, 4.69) is 9.47 Å². The molecule has 0 radical (unpaired) electrons. The zero-order valence-corrected chi connectivity index (χ0v) is 13.4. The Bertz CT molecular complexity index is 476. The molecule has 0 heterocycles. The first-order valence-corrected chi connectivity index (χ1v) is 6.84. The molecule has 0 rings (SSSR count). The number of hydrogen-bond acceptors (Lipinski definition) is 5. The standard InChI is InChI=1S/C13H18F5NO5/c1-6(2)23-9(20)5-8(10(21)24-7(3)4)19-11(22)12(14,15)13(16,17)18/h6-8H,5H2,1-4H3,(H,19,22)/t8-/m1/s1. The van der Waals surface area contributed by atoms with Crippen molar-refractivity contribution < 1.29 is 45.8 Å². The van der Waals surface area contributed by atoms with Gasteiger partial charge < -0.3 is 14.8 Å². The molecule has 11 heteroatoms. The topological polar surface area (TPSA) is 81.7 Å². The first kappa shape index (κ1) is 22.1. The first-order valence-electron chi connectivity index (χ1n) is 6.84. The third-order valence-electron chi connectivity index (χ3n) is 2.32. The van der Waals surface area contributed by atoms with E-state index in [0.717, 1.165) is 0 Å². The summed E-state index contributed by atoms with van der Waals surface area (Å²) in [6.07, 6.45) is -8.47. The molecular weight excluding hydrogens is 345 g/mol. The second kappa shape index (κ2) is 8.25. The van der Waals surface area contributed by atoms with Gasteiger partial charge in [-0.25, -0.2) is 4.79 Å². The number of ether oxygens (including phenoxy) is 2. The second-order valence-electron chi connectivity index (χ2n) is 5.33. The minimum Gasteiger partial charge on any atom is -0.463 e. The van der Waals surface area contributed by atoms with Gasteiger partial charge in [-0.15, -0.1) is 0 Å². The summed E-state index contributed by atoms with van der Waals surface area (Å²) in [6.45, 7) is 5.67. The monoisotopic (exact) mass is 363 g/mol. The molecule has 0 aliphatic carbocycles. The van der Waals surface area contributed by atoms with Crippen molar-refractivity contribution in [1.82, 2.24) is 5.32 Å². The zero-order valence-electron chi connectivity index (χ0n) is 13.4. The van der Waals surface area contributed by atoms with E-state index in [-0.39, 0.29) is 0 Å². The molecule has 24 heavy (non-hydrogen) atoms. The largest absolute Gasteiger partial charge is 0.463 e. The second-order valence-corrected chi connectivity index (χ2v) is 5.33. The van der Waals surface area contributed by atoms with Crippen LogP contribution < -0.4 is 5.32 Å². The normalized spacial score (nSPS) is 13.6. The lowest BCUT2D eigenvalue weighted by atomic mass is 10.2. The van der Waals surface area contributed by atoms with E-state index in [1.54, 1.807) is 0 Å². The van der Waals surface area contributed by atoms with Crippen LogP contribution in [0.5, 0.6) is 0 Å². The van der Waals surface area contributed by atoms with E-state index in [1.165, 1.54) is 33.0 Å². The lowest BCUT2D eigenvalue weighted by Crippen LogP contribution is -2.55. The summed E-state index contributed by atoms with van der Waals surface area (Å²) in [5.41, 5.74) is 0. The van der Waals surface area contributed by atoms with E-state index in [4.69, 9.17) is 0 Å². The molecule has 6 nitrogen and oxygen atoms in total. The first-order chi connectivity index (χ1) is 10.7. The summed E-state index contributed by atoms with van der Waals surface area (Å²) in [6, 6.07) is -2.04. The van der Waals surface area contributed by atoms with Crippen LogP contribution in [-0.2, 0) is 23.9 Å². The summed E-state index contributed by atoms with van der Waals surface area (Å²) >= 11 is 0. The SMILES string of the molecule is CC(C)OC(=O)C[C@@H](NC(=O)C(F)(F)C(F)(F)F)C(=O)OC(C)C. The molecule has 0 fully saturated rings. The lowest BCUT2D eigenvalue weighted by molar-refractivity contribution is -0.270. The van der Waals surface area contributed by atoms with Crippen molar-refractivity contribution in [2.24, 2.45) is 0 Å². The Morgan fingerprint density at radius 3 is 1.75 bits per heavy atom. The van der Waals surface area contributed by atoms with Crippen molar-refractivity contribution in [1.29, 1.82) is 0 Å². The van der Waals surface area contributed by atoms with E-state index in [1.807, 2.05) is 0 Å². The van der Waals surface area contributed by atoms with Crippen LogP contribution in [0.2, 0.25) is 0 Å². The third kappa shape index (κ3) is 6.67. The minimum absolute atomic E-state index is 0.619. The highest BCUT2D eigenvalue weighted by Gasteiger charge is 2.63. The van der Waals surface area contributed by atoms with Gasteiger partial charge >= 0.3 is 29.9 Å². The molecule has 0 aromatic rings. The molecule has 0 aromatic heterocycles. The van der Waals surface area contributed by atoms with Crippen LogP contribution in [0.15, 0.2) is 0 Å². The number of amides is 1. The van der Waals surface area contributed by atoms with Crippen LogP contribution in [0.3, 0.4) is 0 Å². The molecular formula is C13H18F5NO5. The molecule has 0 saturated heterocycles. The Balaban J connectivity index is 5.23. The Morgan fingerprint density at radius 1 is 0.917 bits per heavy atom. The van der Waals surface area contributed by atoms with E-state index >= 15 is 0 Å². The molecule has 0 saturated carbocycles. The van der Waals surface area contributed by atoms with Gasteiger partial charge in [0.15, 0.2) is 0 Å². The number of nitrogens with one attached hydrogen (secondary N) is 1. The molecule has 0 aromatic carbocycles. The van der Waals surface area contributed by atoms with E-state index < -0.39 is 54.6 Å². The maximum Gasteiger partial charge on any atom is 0.463 e. The van der Waals surface area contributed by atoms with Crippen LogP contribution in [0.4, 0.5) is 22.0 Å². The van der Waals surface area contributed by atoms with E-state index in [9.17, 15) is 36.3 Å². The maximum atomic E-state index is 13.0. The summed E-state index contributed by atoms with van der Waals surface area (Å²) in [4.78, 5) is 34.4. The van der Waals surface area contributed by atoms with Crippen LogP contribution in [0.25, 0.3) is 0 Å². The van der Waals surface area contributed by atoms with Crippen molar-refractivity contribution in [3.63, 3.8) is 0 Å². The van der Waals surface area contributed by atoms with Crippen molar-refractivity contribution in [3.8, 4) is 0 Å². The predicted octanol–water partition coefficient (Wildman–Crippen LogP) is 1.96. The summed E-state index contributed by atoms with van der Waals surface area (Å²) in [7, 11) is 0. The molecule has 0 spiro atoms. The fraction of sp³-hybridized carbons (Fsp3) is 0.769. The smallest absolute Gasteiger partial charge is 0.463 e. The summed E-state index contributed by atoms with van der Waals surface area (Å²) in [5, 5.41) is 1.19. The van der Waals surface area contributed by atoms with Gasteiger partial charge in [-0.2, -0.15) is 22.0 Å². The molecule has 0 bridgehead atoms. The van der Waals surface area contributed by atoms with Crippen LogP contribution >= 0.6 is 0 Å². The molecule has 0 unspecified atom stereocenters. The van der Waals surface area contributed by atoms with Gasteiger partial charge in [0.2, 0.25) is 0 Å². The number of carbonyl (C=O) groups excluding carboxylic acids is 3. The molecule has 1 N–H and O–H groups in total. The Hall–Kier alpha value is -1.94. The fourth-order valence-electron chi connectivity index (χ4n) is 1.36. The van der Waals surface area contributed by atoms with Gasteiger partial charge in [0.1, 0.15) is 6.04 Å². The Morgan fingerprint density at radius 2 is 1.38 bits per heavy atom. The quantitative estimate of drug-likeness (QED) is 0.552. The van der Waals surface area contributed by atoms with Crippen LogP contribution in [0.1, 0.15) is 34.1 Å². The van der Waals surface area contributed by atoms with Gasteiger partial charge in [0.05, 0.1) is 18.6 Å². The molecule has 0 aliphatic rings. The Labute approximate surface area is 134 Å². The van der Waals surface area contributed by atoms with Crippen molar-refractivity contribution >= 4 is 17.8 Å².